The topological polar surface area (TPSA) is 94.6 Å². The van der Waals surface area contributed by atoms with E-state index in [1.807, 2.05) is 34.2 Å². The van der Waals surface area contributed by atoms with Crippen molar-refractivity contribution >= 4 is 34.5 Å². The Kier molecular flexibility index (Phi) is 6.23. The highest BCUT2D eigenvalue weighted by Crippen LogP contribution is 2.31. The van der Waals surface area contributed by atoms with Crippen molar-refractivity contribution in [2.45, 2.75) is 46.3 Å². The zero-order valence-corrected chi connectivity index (χ0v) is 20.5. The molecule has 1 N–H and O–H groups in total. The Morgan fingerprint density at radius 1 is 1.14 bits per heavy atom. The predicted molar refractivity (Wildman–Crippen MR) is 135 cm³/mol. The number of nitrogens with zero attached hydrogens (tertiary/aromatic N) is 6. The number of carbonyl (C=O) groups is 2. The maximum Gasteiger partial charge on any atom is 0.273 e. The third-order valence-corrected chi connectivity index (χ3v) is 7.02. The van der Waals surface area contributed by atoms with Crippen LogP contribution in [-0.4, -0.2) is 68.8 Å². The van der Waals surface area contributed by atoms with Gasteiger partial charge in [-0.2, -0.15) is 4.98 Å². The van der Waals surface area contributed by atoms with Gasteiger partial charge in [-0.3, -0.25) is 14.6 Å². The summed E-state index contributed by atoms with van der Waals surface area (Å²) in [7, 11) is 0. The quantitative estimate of drug-likeness (QED) is 0.588. The number of piperazine rings is 1. The van der Waals surface area contributed by atoms with Crippen LogP contribution in [0.3, 0.4) is 0 Å². The molecule has 1 unspecified atom stereocenters. The number of aromatic nitrogens is 3. The molecule has 9 nitrogen and oxygen atoms in total. The molecule has 3 aromatic rings. The van der Waals surface area contributed by atoms with E-state index < -0.39 is 0 Å². The van der Waals surface area contributed by atoms with Crippen molar-refractivity contribution in [2.75, 3.05) is 36.4 Å². The Hall–Kier alpha value is -3.75. The molecule has 35 heavy (non-hydrogen) atoms. The summed E-state index contributed by atoms with van der Waals surface area (Å²) in [4.78, 5) is 44.9. The lowest BCUT2D eigenvalue weighted by Crippen LogP contribution is -2.48. The van der Waals surface area contributed by atoms with Gasteiger partial charge in [0.15, 0.2) is 0 Å². The van der Waals surface area contributed by atoms with Crippen LogP contribution in [0.15, 0.2) is 36.5 Å². The second kappa shape index (κ2) is 9.48. The van der Waals surface area contributed by atoms with Crippen LogP contribution in [0.25, 0.3) is 10.9 Å². The molecule has 2 aromatic heterocycles. The summed E-state index contributed by atoms with van der Waals surface area (Å²) in [6, 6.07) is 10.3. The summed E-state index contributed by atoms with van der Waals surface area (Å²) in [5, 5.41) is 4.55. The van der Waals surface area contributed by atoms with E-state index in [2.05, 4.69) is 41.2 Å². The molecule has 0 aliphatic carbocycles. The van der Waals surface area contributed by atoms with Gasteiger partial charge >= 0.3 is 0 Å². The summed E-state index contributed by atoms with van der Waals surface area (Å²) in [6.45, 7) is 9.28. The lowest BCUT2D eigenvalue weighted by Gasteiger charge is -2.34. The third kappa shape index (κ3) is 4.50. The van der Waals surface area contributed by atoms with E-state index in [1.165, 1.54) is 0 Å². The van der Waals surface area contributed by atoms with E-state index >= 15 is 0 Å². The molecule has 1 saturated heterocycles. The fourth-order valence-electron chi connectivity index (χ4n) is 4.66. The van der Waals surface area contributed by atoms with E-state index in [1.54, 1.807) is 6.92 Å². The van der Waals surface area contributed by atoms with E-state index in [9.17, 15) is 9.59 Å². The van der Waals surface area contributed by atoms with Gasteiger partial charge in [0.2, 0.25) is 11.9 Å². The van der Waals surface area contributed by atoms with Gasteiger partial charge in [-0.25, -0.2) is 4.98 Å². The summed E-state index contributed by atoms with van der Waals surface area (Å²) in [5.74, 6) is 1.25. The van der Waals surface area contributed by atoms with Gasteiger partial charge in [-0.1, -0.05) is 25.1 Å². The minimum Gasteiger partial charge on any atom is -0.365 e. The Labute approximate surface area is 205 Å². The van der Waals surface area contributed by atoms with Crippen LogP contribution in [-0.2, 0) is 17.9 Å². The molecule has 1 fully saturated rings. The monoisotopic (exact) mass is 473 g/mol. The summed E-state index contributed by atoms with van der Waals surface area (Å²) in [6.07, 6.45) is 2.74. The molecule has 5 rings (SSSR count). The van der Waals surface area contributed by atoms with E-state index in [-0.39, 0.29) is 17.9 Å². The zero-order chi connectivity index (χ0) is 24.5. The standard InChI is InChI=1S/C26H31N7O2/c1-4-17(2)33-16-21-23(25(33)35)29-26(32-11-9-31(10-12-32)18(3)34)30-24(21)28-15-19-13-20-7-5-6-8-22(20)27-14-19/h5-8,13-14,17H,4,9-12,15-16H2,1-3H3,(H,28,29,30). The van der Waals surface area contributed by atoms with Crippen LogP contribution in [0.4, 0.5) is 11.8 Å². The van der Waals surface area contributed by atoms with Crippen molar-refractivity contribution in [1.82, 2.24) is 24.8 Å². The van der Waals surface area contributed by atoms with Crippen molar-refractivity contribution in [3.63, 3.8) is 0 Å². The van der Waals surface area contributed by atoms with Gasteiger partial charge in [0.05, 0.1) is 12.1 Å². The first-order valence-electron chi connectivity index (χ1n) is 12.2. The number of pyridine rings is 1. The van der Waals surface area contributed by atoms with Crippen molar-refractivity contribution in [3.8, 4) is 0 Å². The Balaban J connectivity index is 1.44. The van der Waals surface area contributed by atoms with E-state index in [4.69, 9.17) is 9.97 Å². The maximum atomic E-state index is 13.3. The minimum atomic E-state index is -0.0456. The first kappa shape index (κ1) is 23.0. The molecule has 0 spiro atoms. The Morgan fingerprint density at radius 2 is 1.91 bits per heavy atom. The lowest BCUT2D eigenvalue weighted by molar-refractivity contribution is -0.129. The Morgan fingerprint density at radius 3 is 2.66 bits per heavy atom. The maximum absolute atomic E-state index is 13.3. The van der Waals surface area contributed by atoms with E-state index in [0.29, 0.717) is 56.7 Å². The number of amides is 2. The van der Waals surface area contributed by atoms with E-state index in [0.717, 1.165) is 28.5 Å². The highest BCUT2D eigenvalue weighted by Gasteiger charge is 2.35. The fourth-order valence-corrected chi connectivity index (χ4v) is 4.66. The second-order valence-electron chi connectivity index (χ2n) is 9.27. The number of nitrogens with one attached hydrogen (secondary N) is 1. The SMILES string of the molecule is CCC(C)N1Cc2c(NCc3cnc4ccccc4c3)nc(N3CCN(C(C)=O)CC3)nc2C1=O. The smallest absolute Gasteiger partial charge is 0.273 e. The fraction of sp³-hybridized carbons (Fsp3) is 0.423. The highest BCUT2D eigenvalue weighted by molar-refractivity contribution is 5.98. The summed E-state index contributed by atoms with van der Waals surface area (Å²) >= 11 is 0. The van der Waals surface area contributed by atoms with Crippen molar-refractivity contribution in [2.24, 2.45) is 0 Å². The molecule has 4 heterocycles. The van der Waals surface area contributed by atoms with Crippen LogP contribution < -0.4 is 10.2 Å². The van der Waals surface area contributed by atoms with Crippen molar-refractivity contribution in [3.05, 3.63) is 53.3 Å². The van der Waals surface area contributed by atoms with Crippen LogP contribution >= 0.6 is 0 Å². The highest BCUT2D eigenvalue weighted by atomic mass is 16.2. The number of hydrogen-bond donors (Lipinski definition) is 1. The van der Waals surface area contributed by atoms with Crippen LogP contribution in [0.5, 0.6) is 0 Å². The molecule has 1 aromatic carbocycles. The molecule has 2 amide bonds. The molecule has 9 heteroatoms. The molecule has 0 bridgehead atoms. The molecule has 1 atom stereocenters. The van der Waals surface area contributed by atoms with Gasteiger partial charge in [0, 0.05) is 62.8 Å². The molecule has 2 aliphatic rings. The molecule has 182 valence electrons. The Bertz CT molecular complexity index is 1270. The van der Waals surface area contributed by atoms with Crippen LogP contribution in [0.2, 0.25) is 0 Å². The van der Waals surface area contributed by atoms with Gasteiger partial charge < -0.3 is 20.0 Å². The van der Waals surface area contributed by atoms with Gasteiger partial charge in [0.25, 0.3) is 5.91 Å². The van der Waals surface area contributed by atoms with Gasteiger partial charge in [-0.15, -0.1) is 0 Å². The summed E-state index contributed by atoms with van der Waals surface area (Å²) in [5.41, 5.74) is 3.32. The lowest BCUT2D eigenvalue weighted by atomic mass is 10.1. The van der Waals surface area contributed by atoms with Gasteiger partial charge in [0.1, 0.15) is 11.5 Å². The minimum absolute atomic E-state index is 0.0456. The number of para-hydroxylation sites is 1. The first-order valence-corrected chi connectivity index (χ1v) is 12.2. The molecular weight excluding hydrogens is 442 g/mol. The third-order valence-electron chi connectivity index (χ3n) is 7.02. The number of carbonyl (C=O) groups excluding carboxylic acids is 2. The number of fused-ring (bicyclic) bond motifs is 2. The molecule has 0 radical (unpaired) electrons. The van der Waals surface area contributed by atoms with Crippen molar-refractivity contribution in [1.29, 1.82) is 0 Å². The molecule has 0 saturated carbocycles. The van der Waals surface area contributed by atoms with Gasteiger partial charge in [-0.05, 0) is 31.0 Å². The predicted octanol–water partition coefficient (Wildman–Crippen LogP) is 3.06. The average Bonchev–Trinajstić information content (AvgIpc) is 3.23. The van der Waals surface area contributed by atoms with Crippen molar-refractivity contribution < 1.29 is 9.59 Å². The number of rotatable bonds is 6. The summed E-state index contributed by atoms with van der Waals surface area (Å²) < 4.78 is 0. The number of anilines is 2. The molecule has 2 aliphatic heterocycles. The zero-order valence-electron chi connectivity index (χ0n) is 20.5. The van der Waals surface area contributed by atoms with Crippen LogP contribution in [0, 0.1) is 0 Å². The number of hydrogen-bond acceptors (Lipinski definition) is 7. The largest absolute Gasteiger partial charge is 0.365 e. The second-order valence-corrected chi connectivity index (χ2v) is 9.27. The average molecular weight is 474 g/mol. The molecular formula is C26H31N7O2. The first-order chi connectivity index (χ1) is 16.9. The number of benzene rings is 1. The van der Waals surface area contributed by atoms with Crippen LogP contribution in [0.1, 0.15) is 48.8 Å². The normalized spacial score (nSPS) is 16.5.